The number of ether oxygens (including phenoxy) is 2. The molecule has 0 bridgehead atoms. The number of carbonyl (C=O) groups is 1. The third-order valence-electron chi connectivity index (χ3n) is 2.35. The maximum absolute atomic E-state index is 11.6. The van der Waals surface area contributed by atoms with Gasteiger partial charge in [0.25, 0.3) is 0 Å². The number of carbonyl (C=O) groups excluding carboxylic acids is 1. The van der Waals surface area contributed by atoms with Crippen LogP contribution in [0.15, 0.2) is 24.3 Å². The van der Waals surface area contributed by atoms with Crippen LogP contribution in [0.2, 0.25) is 0 Å². The predicted molar refractivity (Wildman–Crippen MR) is 74.6 cm³/mol. The third kappa shape index (κ3) is 6.34. The number of quaternary nitrogens is 1. The summed E-state index contributed by atoms with van der Waals surface area (Å²) < 4.78 is 8.31. The second kappa shape index (κ2) is 7.20. The zero-order valence-corrected chi connectivity index (χ0v) is 12.6. The number of benzene rings is 1. The highest BCUT2D eigenvalue weighted by Gasteiger charge is 2.26. The highest BCUT2D eigenvalue weighted by molar-refractivity contribution is 6.67. The smallest absolute Gasteiger partial charge is 0.365 e. The minimum atomic E-state index is -1.60. The van der Waals surface area contributed by atoms with Crippen molar-refractivity contribution >= 4 is 40.8 Å². The van der Waals surface area contributed by atoms with Crippen LogP contribution < -0.4 is 10.5 Å². The molecule has 0 aromatic heterocycles. The van der Waals surface area contributed by atoms with Crippen LogP contribution in [0, 0.1) is 0 Å². The van der Waals surface area contributed by atoms with Crippen LogP contribution in [0.1, 0.15) is 5.56 Å². The minimum absolute atomic E-state index is 0.287. The van der Waals surface area contributed by atoms with Gasteiger partial charge in [-0.3, -0.25) is 0 Å². The molecule has 0 unspecified atom stereocenters. The van der Waals surface area contributed by atoms with E-state index >= 15 is 0 Å². The van der Waals surface area contributed by atoms with Gasteiger partial charge in [-0.25, -0.2) is 4.79 Å². The third-order valence-corrected chi connectivity index (χ3v) is 2.68. The maximum atomic E-state index is 11.6. The largest absolute Gasteiger partial charge is 0.497 e. The summed E-state index contributed by atoms with van der Waals surface area (Å²) >= 11 is 16.5. The molecule has 1 rings (SSSR count). The number of halogens is 3. The van der Waals surface area contributed by atoms with Crippen molar-refractivity contribution in [2.45, 2.75) is 16.3 Å². The summed E-state index contributed by atoms with van der Waals surface area (Å²) in [7, 11) is 1.59. The van der Waals surface area contributed by atoms with Gasteiger partial charge in [0.15, 0.2) is 6.04 Å². The molecule has 1 atom stereocenters. The molecule has 0 aliphatic rings. The molecular formula is C12H15Cl3NO3+. The summed E-state index contributed by atoms with van der Waals surface area (Å²) in [5.41, 5.74) is 4.69. The monoisotopic (exact) mass is 326 g/mol. The fraction of sp³-hybridized carbons (Fsp3) is 0.417. The second-order valence-electron chi connectivity index (χ2n) is 3.97. The molecule has 1 aromatic rings. The highest BCUT2D eigenvalue weighted by Crippen LogP contribution is 2.26. The van der Waals surface area contributed by atoms with Gasteiger partial charge in [-0.15, -0.1) is 0 Å². The molecule has 0 amide bonds. The molecule has 3 N–H and O–H groups in total. The first-order chi connectivity index (χ1) is 8.81. The van der Waals surface area contributed by atoms with Gasteiger partial charge in [0.05, 0.1) is 7.11 Å². The zero-order valence-electron chi connectivity index (χ0n) is 10.4. The van der Waals surface area contributed by atoms with Crippen molar-refractivity contribution in [2.75, 3.05) is 13.7 Å². The van der Waals surface area contributed by atoms with Crippen molar-refractivity contribution in [2.24, 2.45) is 0 Å². The molecule has 0 saturated carbocycles. The summed E-state index contributed by atoms with van der Waals surface area (Å²) in [6.45, 7) is -0.287. The van der Waals surface area contributed by atoms with Crippen LogP contribution >= 0.6 is 34.8 Å². The minimum Gasteiger partial charge on any atom is -0.497 e. The number of methoxy groups -OCH3 is 1. The first kappa shape index (κ1) is 16.4. The Kier molecular flexibility index (Phi) is 6.20. The number of rotatable bonds is 5. The van der Waals surface area contributed by atoms with E-state index in [0.717, 1.165) is 11.3 Å². The van der Waals surface area contributed by atoms with E-state index in [4.69, 9.17) is 44.3 Å². The van der Waals surface area contributed by atoms with E-state index in [1.54, 1.807) is 7.11 Å². The van der Waals surface area contributed by atoms with Crippen molar-refractivity contribution in [3.8, 4) is 5.75 Å². The molecule has 106 valence electrons. The summed E-state index contributed by atoms with van der Waals surface area (Å²) in [6, 6.07) is 6.79. The van der Waals surface area contributed by atoms with Crippen LogP contribution in [-0.4, -0.2) is 29.5 Å². The topological polar surface area (TPSA) is 63.2 Å². The lowest BCUT2D eigenvalue weighted by Crippen LogP contribution is -2.66. The molecule has 0 spiro atoms. The van der Waals surface area contributed by atoms with Gasteiger partial charge >= 0.3 is 5.97 Å². The number of alkyl halides is 3. The molecule has 0 saturated heterocycles. The van der Waals surface area contributed by atoms with Gasteiger partial charge in [0, 0.05) is 6.42 Å². The number of hydrogen-bond acceptors (Lipinski definition) is 3. The van der Waals surface area contributed by atoms with Gasteiger partial charge in [0.1, 0.15) is 12.4 Å². The SMILES string of the molecule is COc1ccc(C[C@@H]([NH3+])C(=O)OCC(Cl)(Cl)Cl)cc1. The Labute approximate surface area is 126 Å². The molecule has 0 radical (unpaired) electrons. The average molecular weight is 328 g/mol. The predicted octanol–water partition coefficient (Wildman–Crippen LogP) is 1.76. The normalized spacial score (nSPS) is 12.9. The van der Waals surface area contributed by atoms with E-state index in [0.29, 0.717) is 6.42 Å². The van der Waals surface area contributed by atoms with Crippen molar-refractivity contribution < 1.29 is 20.0 Å². The van der Waals surface area contributed by atoms with Crippen LogP contribution in [0.5, 0.6) is 5.75 Å². The first-order valence-electron chi connectivity index (χ1n) is 5.51. The Morgan fingerprint density at radius 2 is 1.89 bits per heavy atom. The zero-order chi connectivity index (χ0) is 14.5. The van der Waals surface area contributed by atoms with E-state index in [-0.39, 0.29) is 6.61 Å². The Morgan fingerprint density at radius 1 is 1.32 bits per heavy atom. The molecule has 0 aliphatic heterocycles. The standard InChI is InChI=1S/C12H14Cl3NO3/c1-18-9-4-2-8(3-5-9)6-10(16)11(17)19-7-12(13,14)15/h2-5,10H,6-7,16H2,1H3/p+1/t10-/m1/s1. The molecule has 0 fully saturated rings. The average Bonchev–Trinajstić information content (AvgIpc) is 2.36. The van der Waals surface area contributed by atoms with Crippen molar-refractivity contribution in [3.05, 3.63) is 29.8 Å². The molecule has 1 aromatic carbocycles. The lowest BCUT2D eigenvalue weighted by atomic mass is 10.1. The van der Waals surface area contributed by atoms with Gasteiger partial charge in [-0.1, -0.05) is 46.9 Å². The van der Waals surface area contributed by atoms with Gasteiger partial charge in [-0.2, -0.15) is 0 Å². The lowest BCUT2D eigenvalue weighted by Gasteiger charge is -2.13. The molecule has 0 aliphatic carbocycles. The molecule has 4 nitrogen and oxygen atoms in total. The van der Waals surface area contributed by atoms with Crippen LogP contribution in [-0.2, 0) is 16.0 Å². The fourth-order valence-corrected chi connectivity index (χ4v) is 1.56. The summed E-state index contributed by atoms with van der Waals surface area (Å²) in [5, 5.41) is 0. The lowest BCUT2D eigenvalue weighted by molar-refractivity contribution is -0.407. The van der Waals surface area contributed by atoms with E-state index in [1.165, 1.54) is 0 Å². The quantitative estimate of drug-likeness (QED) is 0.662. The Morgan fingerprint density at radius 3 is 2.37 bits per heavy atom. The van der Waals surface area contributed by atoms with E-state index < -0.39 is 15.8 Å². The maximum Gasteiger partial charge on any atom is 0.365 e. The Balaban J connectivity index is 2.49. The van der Waals surface area contributed by atoms with Gasteiger partial charge in [-0.05, 0) is 17.7 Å². The first-order valence-corrected chi connectivity index (χ1v) is 6.64. The molecular weight excluding hydrogens is 312 g/mol. The van der Waals surface area contributed by atoms with Crippen molar-refractivity contribution in [1.82, 2.24) is 0 Å². The summed E-state index contributed by atoms with van der Waals surface area (Å²) in [4.78, 5) is 11.6. The number of esters is 1. The van der Waals surface area contributed by atoms with Crippen molar-refractivity contribution in [1.29, 1.82) is 0 Å². The van der Waals surface area contributed by atoms with E-state index in [9.17, 15) is 4.79 Å². The van der Waals surface area contributed by atoms with E-state index in [2.05, 4.69) is 5.73 Å². The fourth-order valence-electron chi connectivity index (χ4n) is 1.40. The van der Waals surface area contributed by atoms with Gasteiger partial charge in [0.2, 0.25) is 3.79 Å². The van der Waals surface area contributed by atoms with Crippen LogP contribution in [0.25, 0.3) is 0 Å². The number of hydrogen-bond donors (Lipinski definition) is 1. The second-order valence-corrected chi connectivity index (χ2v) is 6.49. The Hall–Kier alpha value is -0.680. The van der Waals surface area contributed by atoms with E-state index in [1.807, 2.05) is 24.3 Å². The van der Waals surface area contributed by atoms with Crippen molar-refractivity contribution in [3.63, 3.8) is 0 Å². The van der Waals surface area contributed by atoms with Crippen LogP contribution in [0.3, 0.4) is 0 Å². The molecule has 19 heavy (non-hydrogen) atoms. The summed E-state index contributed by atoms with van der Waals surface area (Å²) in [5.74, 6) is 0.255. The summed E-state index contributed by atoms with van der Waals surface area (Å²) in [6.07, 6.45) is 0.447. The molecule has 7 heteroatoms. The molecule has 0 heterocycles. The van der Waals surface area contributed by atoms with Crippen LogP contribution in [0.4, 0.5) is 0 Å². The van der Waals surface area contributed by atoms with Gasteiger partial charge < -0.3 is 15.2 Å². The Bertz CT molecular complexity index is 417. The highest BCUT2D eigenvalue weighted by atomic mass is 35.6.